The average molecular weight is 358 g/mol. The largest absolute Gasteiger partial charge is 0.302 e. The van der Waals surface area contributed by atoms with Crippen LogP contribution in [0.3, 0.4) is 0 Å². The number of amides is 1. The minimum Gasteiger partial charge on any atom is -0.302 e. The van der Waals surface area contributed by atoms with Gasteiger partial charge in [0.25, 0.3) is 0 Å². The maximum absolute atomic E-state index is 12.2. The predicted octanol–water partition coefficient (Wildman–Crippen LogP) is 4.27. The second-order valence-corrected chi connectivity index (χ2v) is 7.59. The monoisotopic (exact) mass is 358 g/mol. The summed E-state index contributed by atoms with van der Waals surface area (Å²) in [5, 5.41) is 6.46. The van der Waals surface area contributed by atoms with E-state index in [1.54, 1.807) is 17.5 Å². The lowest BCUT2D eigenvalue weighted by molar-refractivity contribution is -0.115. The summed E-state index contributed by atoms with van der Waals surface area (Å²) in [5.41, 5.74) is 2.54. The highest BCUT2D eigenvalue weighted by Gasteiger charge is 2.14. The Morgan fingerprint density at radius 3 is 2.79 bits per heavy atom. The number of carbonyl (C=O) groups excluding carboxylic acids is 1. The zero-order valence-electron chi connectivity index (χ0n) is 13.7. The van der Waals surface area contributed by atoms with E-state index in [-0.39, 0.29) is 12.3 Å². The van der Waals surface area contributed by atoms with Gasteiger partial charge in [-0.1, -0.05) is 31.3 Å². The van der Waals surface area contributed by atoms with E-state index in [4.69, 9.17) is 0 Å². The summed E-state index contributed by atoms with van der Waals surface area (Å²) in [6.45, 7) is 6.12. The summed E-state index contributed by atoms with van der Waals surface area (Å²) in [7, 11) is 0. The Hall–Kier alpha value is -2.12. The summed E-state index contributed by atoms with van der Waals surface area (Å²) < 4.78 is 0. The normalized spacial score (nSPS) is 11.0. The van der Waals surface area contributed by atoms with Crippen LogP contribution in [0.2, 0.25) is 0 Å². The smallest absolute Gasteiger partial charge is 0.232 e. The zero-order chi connectivity index (χ0) is 17.1. The maximum atomic E-state index is 12.2. The molecule has 0 fully saturated rings. The third-order valence-corrected chi connectivity index (χ3v) is 5.64. The summed E-state index contributed by atoms with van der Waals surface area (Å²) in [6, 6.07) is 5.75. The minimum absolute atomic E-state index is 0.100. The van der Waals surface area contributed by atoms with Gasteiger partial charge in [-0.25, -0.2) is 9.97 Å². The number of rotatable bonds is 5. The molecule has 1 N–H and O–H groups in total. The van der Waals surface area contributed by atoms with Crippen molar-refractivity contribution in [2.24, 2.45) is 0 Å². The van der Waals surface area contributed by atoms with Gasteiger partial charge in [0.2, 0.25) is 5.91 Å². The molecule has 3 aromatic rings. The molecule has 124 valence electrons. The van der Waals surface area contributed by atoms with Crippen molar-refractivity contribution in [2.75, 3.05) is 5.32 Å². The van der Waals surface area contributed by atoms with E-state index in [2.05, 4.69) is 34.1 Å². The molecular weight excluding hydrogens is 340 g/mol. The Labute approximate surface area is 148 Å². The lowest BCUT2D eigenvalue weighted by Gasteiger charge is -2.00. The molecule has 3 heterocycles. The first-order valence-corrected chi connectivity index (χ1v) is 9.35. The third-order valence-electron chi connectivity index (χ3n) is 3.35. The second-order valence-electron chi connectivity index (χ2n) is 5.71. The first-order chi connectivity index (χ1) is 11.5. The number of aryl methyl sites for hydroxylation is 1. The van der Waals surface area contributed by atoms with Gasteiger partial charge in [0.1, 0.15) is 0 Å². The molecule has 0 saturated heterocycles. The van der Waals surface area contributed by atoms with Crippen LogP contribution >= 0.6 is 22.7 Å². The van der Waals surface area contributed by atoms with E-state index in [9.17, 15) is 4.79 Å². The van der Waals surface area contributed by atoms with Crippen molar-refractivity contribution in [1.29, 1.82) is 0 Å². The van der Waals surface area contributed by atoms with Gasteiger partial charge in [0.05, 0.1) is 33.4 Å². The van der Waals surface area contributed by atoms with Gasteiger partial charge in [-0.2, -0.15) is 0 Å². The van der Waals surface area contributed by atoms with Crippen LogP contribution < -0.4 is 5.32 Å². The van der Waals surface area contributed by atoms with Gasteiger partial charge < -0.3 is 5.32 Å². The number of hydrogen-bond acceptors (Lipinski definition) is 6. The van der Waals surface area contributed by atoms with Crippen LogP contribution in [0, 0.1) is 6.92 Å². The van der Waals surface area contributed by atoms with Crippen LogP contribution in [0.1, 0.15) is 36.2 Å². The molecular formula is C17H18N4OS2. The molecule has 0 spiro atoms. The summed E-state index contributed by atoms with van der Waals surface area (Å²) in [5.74, 6) is 0.284. The summed E-state index contributed by atoms with van der Waals surface area (Å²) >= 11 is 3.04. The molecule has 1 amide bonds. The number of hydrogen-bond donors (Lipinski definition) is 1. The summed E-state index contributed by atoms with van der Waals surface area (Å²) in [6.07, 6.45) is 2.02. The fourth-order valence-electron chi connectivity index (χ4n) is 2.18. The molecule has 0 radical (unpaired) electrons. The first kappa shape index (κ1) is 16.7. The van der Waals surface area contributed by atoms with E-state index in [0.29, 0.717) is 11.0 Å². The van der Waals surface area contributed by atoms with Gasteiger partial charge >= 0.3 is 0 Å². The van der Waals surface area contributed by atoms with Gasteiger partial charge in [-0.15, -0.1) is 11.3 Å². The third kappa shape index (κ3) is 3.85. The first-order valence-electron chi connectivity index (χ1n) is 7.66. The molecule has 7 heteroatoms. The number of nitrogens with zero attached hydrogens (tertiary/aromatic N) is 3. The van der Waals surface area contributed by atoms with Crippen molar-refractivity contribution in [3.63, 3.8) is 0 Å². The topological polar surface area (TPSA) is 67.8 Å². The molecule has 0 aromatic carbocycles. The molecule has 0 atom stereocenters. The molecule has 5 nitrogen and oxygen atoms in total. The van der Waals surface area contributed by atoms with Crippen molar-refractivity contribution in [1.82, 2.24) is 15.0 Å². The lowest BCUT2D eigenvalue weighted by Crippen LogP contribution is -2.14. The molecule has 0 aliphatic rings. The van der Waals surface area contributed by atoms with Crippen LogP contribution in [-0.2, 0) is 11.2 Å². The van der Waals surface area contributed by atoms with Crippen LogP contribution in [0.15, 0.2) is 29.8 Å². The van der Waals surface area contributed by atoms with Crippen molar-refractivity contribution >= 4 is 33.7 Å². The Morgan fingerprint density at radius 2 is 2.12 bits per heavy atom. The Bertz CT molecular complexity index is 839. The fourth-order valence-corrected chi connectivity index (χ4v) is 3.98. The standard InChI is InChI=1S/C17H18N4OS2/c1-10(2)16-20-12(9-23-16)8-14(22)21-17-19-11(3)15(24-17)13-6-4-5-7-18-13/h4-7,9-10H,8H2,1-3H3,(H,19,21,22). The van der Waals surface area contributed by atoms with Crippen LogP contribution in [-0.4, -0.2) is 20.9 Å². The van der Waals surface area contributed by atoms with Crippen LogP contribution in [0.4, 0.5) is 5.13 Å². The van der Waals surface area contributed by atoms with E-state index in [0.717, 1.165) is 27.0 Å². The minimum atomic E-state index is -0.100. The van der Waals surface area contributed by atoms with Gasteiger partial charge in [-0.05, 0) is 19.1 Å². The van der Waals surface area contributed by atoms with Crippen molar-refractivity contribution in [3.05, 3.63) is 46.2 Å². The molecule has 3 rings (SSSR count). The molecule has 0 aliphatic carbocycles. The van der Waals surface area contributed by atoms with Crippen molar-refractivity contribution in [2.45, 2.75) is 33.1 Å². The van der Waals surface area contributed by atoms with Gasteiger partial charge in [-0.3, -0.25) is 9.78 Å². The van der Waals surface area contributed by atoms with Crippen LogP contribution in [0.5, 0.6) is 0 Å². The maximum Gasteiger partial charge on any atom is 0.232 e. The molecule has 3 aromatic heterocycles. The Balaban J connectivity index is 1.68. The zero-order valence-corrected chi connectivity index (χ0v) is 15.4. The molecule has 24 heavy (non-hydrogen) atoms. The lowest BCUT2D eigenvalue weighted by atomic mass is 10.2. The van der Waals surface area contributed by atoms with Crippen molar-refractivity contribution < 1.29 is 4.79 Å². The Kier molecular flexibility index (Phi) is 5.01. The molecule has 0 unspecified atom stereocenters. The van der Waals surface area contributed by atoms with Gasteiger partial charge in [0, 0.05) is 17.5 Å². The highest BCUT2D eigenvalue weighted by molar-refractivity contribution is 7.19. The second kappa shape index (κ2) is 7.19. The number of anilines is 1. The number of carbonyl (C=O) groups is 1. The van der Waals surface area contributed by atoms with Gasteiger partial charge in [0.15, 0.2) is 5.13 Å². The highest BCUT2D eigenvalue weighted by Crippen LogP contribution is 2.31. The number of thiazole rings is 2. The van der Waals surface area contributed by atoms with E-state index < -0.39 is 0 Å². The molecule has 0 aliphatic heterocycles. The number of nitrogens with one attached hydrogen (secondary N) is 1. The number of aromatic nitrogens is 3. The predicted molar refractivity (Wildman–Crippen MR) is 98.6 cm³/mol. The average Bonchev–Trinajstić information content (AvgIpc) is 3.15. The molecule has 0 bridgehead atoms. The SMILES string of the molecule is Cc1nc(NC(=O)Cc2csc(C(C)C)n2)sc1-c1ccccn1. The van der Waals surface area contributed by atoms with Crippen LogP contribution in [0.25, 0.3) is 10.6 Å². The quantitative estimate of drug-likeness (QED) is 0.739. The Morgan fingerprint density at radius 1 is 1.29 bits per heavy atom. The van der Waals surface area contributed by atoms with E-state index in [1.165, 1.54) is 11.3 Å². The van der Waals surface area contributed by atoms with E-state index in [1.807, 2.05) is 30.5 Å². The highest BCUT2D eigenvalue weighted by atomic mass is 32.1. The fraction of sp³-hybridized carbons (Fsp3) is 0.294. The molecule has 0 saturated carbocycles. The van der Waals surface area contributed by atoms with Crippen molar-refractivity contribution in [3.8, 4) is 10.6 Å². The summed E-state index contributed by atoms with van der Waals surface area (Å²) in [4.78, 5) is 26.5. The van der Waals surface area contributed by atoms with E-state index >= 15 is 0 Å². The number of pyridine rings is 1.